The first kappa shape index (κ1) is 22.9. The minimum atomic E-state index is -0.704. The Morgan fingerprint density at radius 1 is 1.23 bits per heavy atom. The Labute approximate surface area is 182 Å². The van der Waals surface area contributed by atoms with Crippen molar-refractivity contribution in [3.05, 3.63) is 48.6 Å². The molecule has 166 valence electrons. The molecule has 0 aromatic heterocycles. The Morgan fingerprint density at radius 3 is 2.53 bits per heavy atom. The molecular weight excluding hydrogens is 374 g/mol. The van der Waals surface area contributed by atoms with E-state index in [0.717, 1.165) is 12.8 Å². The predicted molar refractivity (Wildman–Crippen MR) is 121 cm³/mol. The third kappa shape index (κ3) is 5.46. The van der Waals surface area contributed by atoms with Crippen molar-refractivity contribution in [2.75, 3.05) is 0 Å². The molecule has 1 saturated heterocycles. The summed E-state index contributed by atoms with van der Waals surface area (Å²) in [6.07, 6.45) is 8.51. The molecule has 1 heterocycles. The van der Waals surface area contributed by atoms with E-state index >= 15 is 0 Å². The van der Waals surface area contributed by atoms with Crippen LogP contribution in [0, 0.1) is 11.8 Å². The summed E-state index contributed by atoms with van der Waals surface area (Å²) < 4.78 is 12.4. The number of benzene rings is 1. The van der Waals surface area contributed by atoms with Crippen molar-refractivity contribution in [3.8, 4) is 0 Å². The van der Waals surface area contributed by atoms with Crippen LogP contribution >= 0.6 is 0 Å². The minimum Gasteiger partial charge on any atom is -0.444 e. The van der Waals surface area contributed by atoms with Crippen molar-refractivity contribution < 1.29 is 14.3 Å². The van der Waals surface area contributed by atoms with Gasteiger partial charge in [0.1, 0.15) is 11.3 Å². The molecule has 1 aliphatic heterocycles. The summed E-state index contributed by atoms with van der Waals surface area (Å²) in [5, 5.41) is 0. The molecule has 1 saturated carbocycles. The molecule has 4 heteroatoms. The molecule has 1 aliphatic carbocycles. The second-order valence-corrected chi connectivity index (χ2v) is 10.4. The van der Waals surface area contributed by atoms with Gasteiger partial charge in [-0.1, -0.05) is 49.2 Å². The molecule has 3 rings (SSSR count). The summed E-state index contributed by atoms with van der Waals surface area (Å²) in [6.45, 7) is 13.8. The van der Waals surface area contributed by atoms with Crippen LogP contribution in [-0.4, -0.2) is 34.5 Å². The number of hydrogen-bond acceptors (Lipinski definition) is 3. The SMILES string of the molecule is C=CC1CCCCC1CC1OC(C)(C)N(C(=O)OC(C)(C)C)C1Cc1ccccc1. The molecule has 0 bridgehead atoms. The predicted octanol–water partition coefficient (Wildman–Crippen LogP) is 6.35. The topological polar surface area (TPSA) is 38.8 Å². The van der Waals surface area contributed by atoms with Crippen LogP contribution in [0.2, 0.25) is 0 Å². The van der Waals surface area contributed by atoms with E-state index in [1.807, 2.05) is 45.6 Å². The highest BCUT2D eigenvalue weighted by Gasteiger charge is 2.51. The summed E-state index contributed by atoms with van der Waals surface area (Å²) in [5.41, 5.74) is -0.0313. The van der Waals surface area contributed by atoms with Crippen molar-refractivity contribution in [1.82, 2.24) is 4.90 Å². The van der Waals surface area contributed by atoms with Gasteiger partial charge in [0, 0.05) is 0 Å². The summed E-state index contributed by atoms with van der Waals surface area (Å²) in [7, 11) is 0. The third-order valence-electron chi connectivity index (χ3n) is 6.46. The Morgan fingerprint density at radius 2 is 1.90 bits per heavy atom. The van der Waals surface area contributed by atoms with Crippen molar-refractivity contribution in [1.29, 1.82) is 0 Å². The molecule has 1 aromatic rings. The van der Waals surface area contributed by atoms with E-state index in [9.17, 15) is 4.79 Å². The quantitative estimate of drug-likeness (QED) is 0.528. The molecular formula is C26H39NO3. The zero-order chi connectivity index (χ0) is 21.9. The van der Waals surface area contributed by atoms with Gasteiger partial charge in [0.2, 0.25) is 0 Å². The average molecular weight is 414 g/mol. The van der Waals surface area contributed by atoms with Crippen LogP contribution in [0.4, 0.5) is 4.79 Å². The number of amides is 1. The zero-order valence-electron chi connectivity index (χ0n) is 19.4. The number of allylic oxidation sites excluding steroid dienone is 1. The lowest BCUT2D eigenvalue weighted by Gasteiger charge is -2.35. The van der Waals surface area contributed by atoms with Gasteiger partial charge < -0.3 is 9.47 Å². The molecule has 1 amide bonds. The average Bonchev–Trinajstić information content (AvgIpc) is 2.91. The first-order chi connectivity index (χ1) is 14.1. The van der Waals surface area contributed by atoms with Gasteiger partial charge >= 0.3 is 6.09 Å². The number of nitrogens with zero attached hydrogens (tertiary/aromatic N) is 1. The summed E-state index contributed by atoms with van der Waals surface area (Å²) >= 11 is 0. The van der Waals surface area contributed by atoms with Crippen molar-refractivity contribution >= 4 is 6.09 Å². The van der Waals surface area contributed by atoms with Gasteiger partial charge in [-0.2, -0.15) is 0 Å². The lowest BCUT2D eigenvalue weighted by atomic mass is 9.75. The highest BCUT2D eigenvalue weighted by molar-refractivity contribution is 5.70. The molecule has 2 fully saturated rings. The monoisotopic (exact) mass is 413 g/mol. The lowest BCUT2D eigenvalue weighted by Crippen LogP contribution is -2.51. The Bertz CT molecular complexity index is 722. The molecule has 2 aliphatic rings. The third-order valence-corrected chi connectivity index (χ3v) is 6.46. The van der Waals surface area contributed by atoms with E-state index in [4.69, 9.17) is 9.47 Å². The highest BCUT2D eigenvalue weighted by Crippen LogP contribution is 2.41. The first-order valence-electron chi connectivity index (χ1n) is 11.5. The lowest BCUT2D eigenvalue weighted by molar-refractivity contribution is -0.0834. The van der Waals surface area contributed by atoms with Crippen LogP contribution in [0.15, 0.2) is 43.0 Å². The second kappa shape index (κ2) is 9.13. The van der Waals surface area contributed by atoms with Crippen LogP contribution < -0.4 is 0 Å². The van der Waals surface area contributed by atoms with E-state index in [0.29, 0.717) is 11.8 Å². The van der Waals surface area contributed by atoms with Gasteiger partial charge in [0.15, 0.2) is 0 Å². The Hall–Kier alpha value is -1.81. The Balaban J connectivity index is 1.88. The molecule has 30 heavy (non-hydrogen) atoms. The van der Waals surface area contributed by atoms with E-state index in [-0.39, 0.29) is 18.2 Å². The first-order valence-corrected chi connectivity index (χ1v) is 11.5. The molecule has 4 unspecified atom stereocenters. The second-order valence-electron chi connectivity index (χ2n) is 10.4. The van der Waals surface area contributed by atoms with Gasteiger partial charge in [-0.25, -0.2) is 4.79 Å². The fourth-order valence-corrected chi connectivity index (χ4v) is 5.16. The number of hydrogen-bond donors (Lipinski definition) is 0. The summed E-state index contributed by atoms with van der Waals surface area (Å²) in [4.78, 5) is 15.1. The molecule has 1 aromatic carbocycles. The van der Waals surface area contributed by atoms with Crippen molar-refractivity contribution in [2.45, 2.75) is 96.6 Å². The fourth-order valence-electron chi connectivity index (χ4n) is 5.16. The highest BCUT2D eigenvalue weighted by atomic mass is 16.6. The van der Waals surface area contributed by atoms with E-state index in [1.165, 1.54) is 31.2 Å². The van der Waals surface area contributed by atoms with Gasteiger partial charge in [-0.05, 0) is 77.7 Å². The summed E-state index contributed by atoms with van der Waals surface area (Å²) in [5.74, 6) is 1.10. The summed E-state index contributed by atoms with van der Waals surface area (Å²) in [6, 6.07) is 10.3. The van der Waals surface area contributed by atoms with Crippen LogP contribution in [0.25, 0.3) is 0 Å². The molecule has 4 nitrogen and oxygen atoms in total. The van der Waals surface area contributed by atoms with Gasteiger partial charge in [-0.3, -0.25) is 4.90 Å². The van der Waals surface area contributed by atoms with E-state index in [1.54, 1.807) is 0 Å². The van der Waals surface area contributed by atoms with Gasteiger partial charge in [-0.15, -0.1) is 6.58 Å². The van der Waals surface area contributed by atoms with Crippen molar-refractivity contribution in [2.24, 2.45) is 11.8 Å². The zero-order valence-corrected chi connectivity index (χ0v) is 19.4. The van der Waals surface area contributed by atoms with Crippen LogP contribution in [0.5, 0.6) is 0 Å². The maximum Gasteiger partial charge on any atom is 0.412 e. The molecule has 0 spiro atoms. The maximum absolute atomic E-state index is 13.2. The molecule has 0 N–H and O–H groups in total. The van der Waals surface area contributed by atoms with E-state index < -0.39 is 11.3 Å². The number of rotatable bonds is 5. The van der Waals surface area contributed by atoms with E-state index in [2.05, 4.69) is 36.9 Å². The Kier molecular flexibility index (Phi) is 6.96. The maximum atomic E-state index is 13.2. The van der Waals surface area contributed by atoms with Gasteiger partial charge in [0.25, 0.3) is 0 Å². The standard InChI is InChI=1S/C26H39NO3/c1-7-20-15-11-12-16-21(20)18-23-22(17-19-13-9-8-10-14-19)27(26(5,6)29-23)24(28)30-25(2,3)4/h7-10,13-14,20-23H,1,11-12,15-18H2,2-6H3. The largest absolute Gasteiger partial charge is 0.444 e. The number of carbonyl (C=O) groups excluding carboxylic acids is 1. The normalized spacial score (nSPS) is 28.9. The fraction of sp³-hybridized carbons (Fsp3) is 0.654. The minimum absolute atomic E-state index is 0.0155. The molecule has 0 radical (unpaired) electrons. The smallest absolute Gasteiger partial charge is 0.412 e. The van der Waals surface area contributed by atoms with Gasteiger partial charge in [0.05, 0.1) is 12.1 Å². The number of ether oxygens (including phenoxy) is 2. The van der Waals surface area contributed by atoms with Crippen LogP contribution in [-0.2, 0) is 15.9 Å². The van der Waals surface area contributed by atoms with Crippen molar-refractivity contribution in [3.63, 3.8) is 0 Å². The van der Waals surface area contributed by atoms with Crippen LogP contribution in [0.3, 0.4) is 0 Å². The van der Waals surface area contributed by atoms with Crippen LogP contribution in [0.1, 0.15) is 72.3 Å². The number of carbonyl (C=O) groups is 1. The molecule has 4 atom stereocenters.